The van der Waals surface area contributed by atoms with E-state index in [0.717, 1.165) is 11.3 Å². The van der Waals surface area contributed by atoms with E-state index in [1.807, 2.05) is 44.2 Å². The minimum absolute atomic E-state index is 0.0690. The number of amides is 2. The molecule has 26 heavy (non-hydrogen) atoms. The predicted molar refractivity (Wildman–Crippen MR) is 102 cm³/mol. The minimum atomic E-state index is -0.593. The van der Waals surface area contributed by atoms with Gasteiger partial charge in [-0.15, -0.1) is 0 Å². The van der Waals surface area contributed by atoms with Crippen LogP contribution in [0.1, 0.15) is 32.0 Å². The van der Waals surface area contributed by atoms with Crippen LogP contribution in [0.15, 0.2) is 48.7 Å². The van der Waals surface area contributed by atoms with Gasteiger partial charge in [0.2, 0.25) is 11.8 Å². The zero-order chi connectivity index (χ0) is 19.1. The molecule has 1 heterocycles. The van der Waals surface area contributed by atoms with E-state index in [4.69, 9.17) is 11.6 Å². The molecule has 0 aliphatic rings. The third kappa shape index (κ3) is 5.56. The molecule has 0 bridgehead atoms. The number of nitrogens with one attached hydrogen (secondary N) is 1. The smallest absolute Gasteiger partial charge is 0.242 e. The molecule has 2 amide bonds. The Kier molecular flexibility index (Phi) is 7.16. The molecule has 2 rings (SSSR count). The summed E-state index contributed by atoms with van der Waals surface area (Å²) in [7, 11) is 0. The van der Waals surface area contributed by atoms with Crippen LogP contribution in [0.3, 0.4) is 0 Å². The maximum absolute atomic E-state index is 12.6. The van der Waals surface area contributed by atoms with Gasteiger partial charge in [-0.25, -0.2) is 0 Å². The number of pyridine rings is 1. The van der Waals surface area contributed by atoms with Crippen LogP contribution in [0.5, 0.6) is 0 Å². The maximum Gasteiger partial charge on any atom is 0.242 e. The lowest BCUT2D eigenvalue weighted by molar-refractivity contribution is -0.143. The van der Waals surface area contributed by atoms with Gasteiger partial charge in [-0.2, -0.15) is 0 Å². The highest BCUT2D eigenvalue weighted by molar-refractivity contribution is 6.30. The van der Waals surface area contributed by atoms with Crippen LogP contribution in [0.25, 0.3) is 0 Å². The fourth-order valence-electron chi connectivity index (χ4n) is 2.49. The van der Waals surface area contributed by atoms with Crippen LogP contribution in [-0.4, -0.2) is 27.7 Å². The summed E-state index contributed by atoms with van der Waals surface area (Å²) in [6.45, 7) is 6.08. The van der Waals surface area contributed by atoms with E-state index in [9.17, 15) is 9.59 Å². The van der Waals surface area contributed by atoms with Gasteiger partial charge in [0, 0.05) is 23.7 Å². The Morgan fingerprint density at radius 1 is 1.12 bits per heavy atom. The average Bonchev–Trinajstić information content (AvgIpc) is 2.65. The zero-order valence-corrected chi connectivity index (χ0v) is 16.0. The fraction of sp³-hybridized carbons (Fsp3) is 0.350. The highest BCUT2D eigenvalue weighted by atomic mass is 35.5. The van der Waals surface area contributed by atoms with Crippen molar-refractivity contribution in [1.82, 2.24) is 15.2 Å². The van der Waals surface area contributed by atoms with Gasteiger partial charge in [0.05, 0.1) is 12.2 Å². The molecule has 0 radical (unpaired) electrons. The molecule has 1 N–H and O–H groups in total. The third-order valence-corrected chi connectivity index (χ3v) is 4.31. The van der Waals surface area contributed by atoms with Crippen molar-refractivity contribution < 1.29 is 9.59 Å². The summed E-state index contributed by atoms with van der Waals surface area (Å²) in [5.74, 6) is -0.479. The molecular formula is C20H24ClN3O2. The summed E-state index contributed by atoms with van der Waals surface area (Å²) in [5, 5.41) is 3.49. The lowest BCUT2D eigenvalue weighted by Gasteiger charge is -2.30. The van der Waals surface area contributed by atoms with Gasteiger partial charge in [0.1, 0.15) is 6.04 Å². The molecule has 5 nitrogen and oxygen atoms in total. The highest BCUT2D eigenvalue weighted by Crippen LogP contribution is 2.15. The van der Waals surface area contributed by atoms with Crippen molar-refractivity contribution >= 4 is 23.4 Å². The first-order valence-electron chi connectivity index (χ1n) is 8.61. The fourth-order valence-corrected chi connectivity index (χ4v) is 2.62. The molecule has 0 fully saturated rings. The molecule has 0 saturated heterocycles. The van der Waals surface area contributed by atoms with Gasteiger partial charge < -0.3 is 10.2 Å². The Hall–Kier alpha value is -2.40. The first kappa shape index (κ1) is 19.9. The first-order valence-corrected chi connectivity index (χ1v) is 8.99. The third-order valence-electron chi connectivity index (χ3n) is 4.06. The Bertz CT molecular complexity index is 732. The van der Waals surface area contributed by atoms with Gasteiger partial charge in [-0.3, -0.25) is 14.6 Å². The maximum atomic E-state index is 12.6. The van der Waals surface area contributed by atoms with Crippen molar-refractivity contribution in [2.45, 2.75) is 39.9 Å². The van der Waals surface area contributed by atoms with Crippen LogP contribution in [0.4, 0.5) is 0 Å². The Balaban J connectivity index is 2.08. The van der Waals surface area contributed by atoms with E-state index in [-0.39, 0.29) is 17.7 Å². The Morgan fingerprint density at radius 3 is 2.38 bits per heavy atom. The number of hydrogen-bond donors (Lipinski definition) is 1. The normalized spacial score (nSPS) is 11.9. The molecular weight excluding hydrogens is 350 g/mol. The molecule has 1 aromatic heterocycles. The molecule has 0 unspecified atom stereocenters. The molecule has 138 valence electrons. The van der Waals surface area contributed by atoms with Crippen molar-refractivity contribution in [3.63, 3.8) is 0 Å². The molecule has 0 spiro atoms. The van der Waals surface area contributed by atoms with Crippen molar-refractivity contribution in [3.8, 4) is 0 Å². The highest BCUT2D eigenvalue weighted by Gasteiger charge is 2.27. The summed E-state index contributed by atoms with van der Waals surface area (Å²) in [6, 6.07) is 12.2. The molecule has 6 heteroatoms. The number of carbonyl (C=O) groups is 2. The quantitative estimate of drug-likeness (QED) is 0.808. The van der Waals surface area contributed by atoms with Crippen LogP contribution >= 0.6 is 11.6 Å². The second-order valence-corrected chi connectivity index (χ2v) is 6.90. The molecule has 1 aromatic carbocycles. The number of halogens is 1. The lowest BCUT2D eigenvalue weighted by atomic mass is 10.1. The SMILES string of the molecule is CC(C)C(=O)N(Cc1ccc(Cl)cc1)[C@@H](C)C(=O)NCc1ccccn1. The van der Waals surface area contributed by atoms with Crippen molar-refractivity contribution in [3.05, 3.63) is 64.9 Å². The first-order chi connectivity index (χ1) is 12.4. The number of hydrogen-bond acceptors (Lipinski definition) is 3. The van der Waals surface area contributed by atoms with Gasteiger partial charge in [0.25, 0.3) is 0 Å². The van der Waals surface area contributed by atoms with Gasteiger partial charge >= 0.3 is 0 Å². The molecule has 0 saturated carbocycles. The van der Waals surface area contributed by atoms with Gasteiger partial charge in [-0.1, -0.05) is 43.6 Å². The van der Waals surface area contributed by atoms with Crippen LogP contribution in [0, 0.1) is 5.92 Å². The number of carbonyl (C=O) groups excluding carboxylic acids is 2. The number of nitrogens with zero attached hydrogens (tertiary/aromatic N) is 2. The lowest BCUT2D eigenvalue weighted by Crippen LogP contribution is -2.48. The monoisotopic (exact) mass is 373 g/mol. The summed E-state index contributed by atoms with van der Waals surface area (Å²) in [6.07, 6.45) is 1.68. The summed E-state index contributed by atoms with van der Waals surface area (Å²) < 4.78 is 0. The molecule has 0 aliphatic carbocycles. The van der Waals surface area contributed by atoms with Crippen LogP contribution < -0.4 is 5.32 Å². The van der Waals surface area contributed by atoms with Crippen molar-refractivity contribution in [1.29, 1.82) is 0 Å². The van der Waals surface area contributed by atoms with Gasteiger partial charge in [-0.05, 0) is 36.8 Å². The predicted octanol–water partition coefficient (Wildman–Crippen LogP) is 3.42. The molecule has 0 aliphatic heterocycles. The van der Waals surface area contributed by atoms with Crippen molar-refractivity contribution in [2.75, 3.05) is 0 Å². The van der Waals surface area contributed by atoms with Gasteiger partial charge in [0.15, 0.2) is 0 Å². The second-order valence-electron chi connectivity index (χ2n) is 6.46. The summed E-state index contributed by atoms with van der Waals surface area (Å²) >= 11 is 5.92. The minimum Gasteiger partial charge on any atom is -0.349 e. The van der Waals surface area contributed by atoms with E-state index in [0.29, 0.717) is 18.1 Å². The van der Waals surface area contributed by atoms with E-state index >= 15 is 0 Å². The largest absolute Gasteiger partial charge is 0.349 e. The van der Waals surface area contributed by atoms with Crippen LogP contribution in [-0.2, 0) is 22.7 Å². The van der Waals surface area contributed by atoms with E-state index in [2.05, 4.69) is 10.3 Å². The average molecular weight is 374 g/mol. The van der Waals surface area contributed by atoms with Crippen LogP contribution in [0.2, 0.25) is 5.02 Å². The Morgan fingerprint density at radius 2 is 1.81 bits per heavy atom. The second kappa shape index (κ2) is 9.34. The summed E-state index contributed by atoms with van der Waals surface area (Å²) in [4.78, 5) is 31.0. The molecule has 1 atom stereocenters. The van der Waals surface area contributed by atoms with E-state index in [1.165, 1.54) is 0 Å². The van der Waals surface area contributed by atoms with E-state index < -0.39 is 6.04 Å². The Labute approximate surface area is 159 Å². The number of benzene rings is 1. The van der Waals surface area contributed by atoms with Crippen molar-refractivity contribution in [2.24, 2.45) is 5.92 Å². The number of aromatic nitrogens is 1. The number of rotatable bonds is 7. The standard InChI is InChI=1S/C20H24ClN3O2/c1-14(2)20(26)24(13-16-7-9-17(21)10-8-16)15(3)19(25)23-12-18-6-4-5-11-22-18/h4-11,14-15H,12-13H2,1-3H3,(H,23,25)/t15-/m0/s1. The van der Waals surface area contributed by atoms with E-state index in [1.54, 1.807) is 30.2 Å². The molecule has 2 aromatic rings. The topological polar surface area (TPSA) is 62.3 Å². The summed E-state index contributed by atoms with van der Waals surface area (Å²) in [5.41, 5.74) is 1.69. The zero-order valence-electron chi connectivity index (χ0n) is 15.3.